The molecule has 7 nitrogen and oxygen atoms in total. The number of carbonyl (C=O) groups is 2. The van der Waals surface area contributed by atoms with E-state index in [0.717, 1.165) is 13.1 Å². The van der Waals surface area contributed by atoms with Gasteiger partial charge in [-0.1, -0.05) is 12.1 Å². The van der Waals surface area contributed by atoms with Crippen LogP contribution in [0.15, 0.2) is 48.7 Å². The Morgan fingerprint density at radius 2 is 1.96 bits per heavy atom. The van der Waals surface area contributed by atoms with E-state index in [0.29, 0.717) is 36.5 Å². The van der Waals surface area contributed by atoms with E-state index in [1.807, 2.05) is 0 Å². The van der Waals surface area contributed by atoms with Crippen molar-refractivity contribution >= 4 is 23.3 Å². The van der Waals surface area contributed by atoms with Crippen LogP contribution < -0.4 is 16.0 Å². The molecule has 2 amide bonds. The van der Waals surface area contributed by atoms with Gasteiger partial charge < -0.3 is 20.7 Å². The van der Waals surface area contributed by atoms with Crippen LogP contribution in [0.4, 0.5) is 11.5 Å². The Morgan fingerprint density at radius 1 is 1.15 bits per heavy atom. The zero-order valence-electron chi connectivity index (χ0n) is 15.3. The van der Waals surface area contributed by atoms with Crippen LogP contribution in [0.2, 0.25) is 0 Å². The van der Waals surface area contributed by atoms with E-state index in [1.165, 1.54) is 0 Å². The van der Waals surface area contributed by atoms with E-state index in [2.05, 4.69) is 20.9 Å². The fraction of sp³-hybridized carbons (Fsp3) is 0.350. The lowest BCUT2D eigenvalue weighted by molar-refractivity contribution is -0.130. The van der Waals surface area contributed by atoms with Crippen molar-refractivity contribution in [3.63, 3.8) is 0 Å². The van der Waals surface area contributed by atoms with Gasteiger partial charge in [0, 0.05) is 24.6 Å². The number of aromatic nitrogens is 1. The number of benzene rings is 1. The van der Waals surface area contributed by atoms with Crippen LogP contribution in [-0.2, 0) is 9.53 Å². The molecule has 1 aliphatic heterocycles. The summed E-state index contributed by atoms with van der Waals surface area (Å²) in [5, 5.41) is 8.96. The third-order valence-corrected chi connectivity index (χ3v) is 4.75. The maximum Gasteiger partial charge on any atom is 0.256 e. The standard InChI is InChI=1S/C20H24N4O3/c1-27-14-20(8-11-21-12-9-20)19(26)23-16-6-4-5-15(13-16)18(25)24-17-7-2-3-10-22-17/h2-7,10,13,21H,8-9,11-12,14H2,1H3,(H,23,26)(H,22,24,25). The van der Waals surface area contributed by atoms with E-state index in [9.17, 15) is 9.59 Å². The topological polar surface area (TPSA) is 92.3 Å². The van der Waals surface area contributed by atoms with Gasteiger partial charge in [0.1, 0.15) is 5.82 Å². The predicted octanol–water partition coefficient (Wildman–Crippen LogP) is 2.29. The third kappa shape index (κ3) is 4.69. The summed E-state index contributed by atoms with van der Waals surface area (Å²) in [6.45, 7) is 1.94. The summed E-state index contributed by atoms with van der Waals surface area (Å²) in [6.07, 6.45) is 3.04. The monoisotopic (exact) mass is 368 g/mol. The lowest BCUT2D eigenvalue weighted by atomic mass is 9.78. The molecule has 0 bridgehead atoms. The summed E-state index contributed by atoms with van der Waals surface area (Å²) >= 11 is 0. The molecule has 3 N–H and O–H groups in total. The number of methoxy groups -OCH3 is 1. The zero-order valence-corrected chi connectivity index (χ0v) is 15.3. The van der Waals surface area contributed by atoms with Crippen molar-refractivity contribution in [3.05, 3.63) is 54.2 Å². The number of nitrogens with one attached hydrogen (secondary N) is 3. The van der Waals surface area contributed by atoms with Gasteiger partial charge in [0.15, 0.2) is 0 Å². The second kappa shape index (κ2) is 8.75. The average Bonchev–Trinajstić information content (AvgIpc) is 2.70. The van der Waals surface area contributed by atoms with E-state index in [1.54, 1.807) is 55.8 Å². The Balaban J connectivity index is 1.71. The normalized spacial score (nSPS) is 15.7. The Labute approximate surface area is 158 Å². The van der Waals surface area contributed by atoms with Gasteiger partial charge in [-0.05, 0) is 56.3 Å². The molecule has 1 fully saturated rings. The molecule has 0 aliphatic carbocycles. The number of ether oxygens (including phenoxy) is 1. The molecule has 1 saturated heterocycles. The number of piperidine rings is 1. The first-order chi connectivity index (χ1) is 13.1. The Hall–Kier alpha value is -2.77. The number of carbonyl (C=O) groups excluding carboxylic acids is 2. The summed E-state index contributed by atoms with van der Waals surface area (Å²) in [7, 11) is 1.61. The molecule has 0 atom stereocenters. The number of nitrogens with zero attached hydrogens (tertiary/aromatic N) is 1. The quantitative estimate of drug-likeness (QED) is 0.728. The zero-order chi connectivity index (χ0) is 19.1. The van der Waals surface area contributed by atoms with Crippen molar-refractivity contribution < 1.29 is 14.3 Å². The maximum atomic E-state index is 12.9. The minimum Gasteiger partial charge on any atom is -0.384 e. The summed E-state index contributed by atoms with van der Waals surface area (Å²) in [6, 6.07) is 12.2. The van der Waals surface area contributed by atoms with Gasteiger partial charge in [0.25, 0.3) is 5.91 Å². The summed E-state index contributed by atoms with van der Waals surface area (Å²) in [5.41, 5.74) is 0.485. The number of rotatable bonds is 6. The van der Waals surface area contributed by atoms with Crippen LogP contribution >= 0.6 is 0 Å². The summed E-state index contributed by atoms with van der Waals surface area (Å²) in [5.74, 6) is 0.122. The lowest BCUT2D eigenvalue weighted by Gasteiger charge is -2.35. The number of hydrogen-bond acceptors (Lipinski definition) is 5. The van der Waals surface area contributed by atoms with Crippen LogP contribution in [0.5, 0.6) is 0 Å². The summed E-state index contributed by atoms with van der Waals surface area (Å²) < 4.78 is 5.31. The van der Waals surface area contributed by atoms with Crippen molar-refractivity contribution in [2.45, 2.75) is 12.8 Å². The van der Waals surface area contributed by atoms with Gasteiger partial charge in [-0.25, -0.2) is 4.98 Å². The maximum absolute atomic E-state index is 12.9. The van der Waals surface area contributed by atoms with Crippen molar-refractivity contribution in [2.24, 2.45) is 5.41 Å². The van der Waals surface area contributed by atoms with E-state index < -0.39 is 5.41 Å². The fourth-order valence-electron chi connectivity index (χ4n) is 3.25. The van der Waals surface area contributed by atoms with Crippen LogP contribution in [0.3, 0.4) is 0 Å². The van der Waals surface area contributed by atoms with E-state index >= 15 is 0 Å². The van der Waals surface area contributed by atoms with Gasteiger partial charge in [0.2, 0.25) is 5.91 Å². The lowest BCUT2D eigenvalue weighted by Crippen LogP contribution is -2.47. The third-order valence-electron chi connectivity index (χ3n) is 4.75. The van der Waals surface area contributed by atoms with Crippen molar-refractivity contribution in [1.29, 1.82) is 0 Å². The molecule has 2 heterocycles. The largest absolute Gasteiger partial charge is 0.384 e. The minimum atomic E-state index is -0.549. The molecule has 2 aromatic rings. The number of hydrogen-bond donors (Lipinski definition) is 3. The molecule has 142 valence electrons. The molecule has 0 unspecified atom stereocenters. The first-order valence-electron chi connectivity index (χ1n) is 8.96. The molecule has 0 radical (unpaired) electrons. The summed E-state index contributed by atoms with van der Waals surface area (Å²) in [4.78, 5) is 29.4. The second-order valence-electron chi connectivity index (χ2n) is 6.67. The Kier molecular flexibility index (Phi) is 6.16. The highest BCUT2D eigenvalue weighted by molar-refractivity contribution is 6.05. The molecular formula is C20H24N4O3. The second-order valence-corrected chi connectivity index (χ2v) is 6.67. The van der Waals surface area contributed by atoms with E-state index in [4.69, 9.17) is 4.74 Å². The highest BCUT2D eigenvalue weighted by atomic mass is 16.5. The Morgan fingerprint density at radius 3 is 2.67 bits per heavy atom. The highest BCUT2D eigenvalue weighted by Gasteiger charge is 2.39. The average molecular weight is 368 g/mol. The molecule has 3 rings (SSSR count). The van der Waals surface area contributed by atoms with Gasteiger partial charge >= 0.3 is 0 Å². The van der Waals surface area contributed by atoms with Crippen LogP contribution in [-0.4, -0.2) is 43.6 Å². The van der Waals surface area contributed by atoms with Crippen molar-refractivity contribution in [3.8, 4) is 0 Å². The SMILES string of the molecule is COCC1(C(=O)Nc2cccc(C(=O)Nc3ccccn3)c2)CCNCC1. The molecule has 1 aromatic carbocycles. The van der Waals surface area contributed by atoms with Gasteiger partial charge in [-0.15, -0.1) is 0 Å². The first-order valence-corrected chi connectivity index (χ1v) is 8.96. The van der Waals surface area contributed by atoms with Crippen molar-refractivity contribution in [1.82, 2.24) is 10.3 Å². The Bertz CT molecular complexity index is 783. The smallest absolute Gasteiger partial charge is 0.256 e. The molecular weight excluding hydrogens is 344 g/mol. The molecule has 0 spiro atoms. The number of anilines is 2. The van der Waals surface area contributed by atoms with Crippen molar-refractivity contribution in [2.75, 3.05) is 37.4 Å². The highest BCUT2D eigenvalue weighted by Crippen LogP contribution is 2.31. The van der Waals surface area contributed by atoms with E-state index in [-0.39, 0.29) is 11.8 Å². The molecule has 1 aliphatic rings. The fourth-order valence-corrected chi connectivity index (χ4v) is 3.25. The first kappa shape index (κ1) is 19.0. The van der Waals surface area contributed by atoms with Crippen LogP contribution in [0.1, 0.15) is 23.2 Å². The van der Waals surface area contributed by atoms with Gasteiger partial charge in [-0.2, -0.15) is 0 Å². The van der Waals surface area contributed by atoms with Crippen LogP contribution in [0, 0.1) is 5.41 Å². The molecule has 27 heavy (non-hydrogen) atoms. The van der Waals surface area contributed by atoms with Gasteiger partial charge in [-0.3, -0.25) is 9.59 Å². The van der Waals surface area contributed by atoms with Crippen LogP contribution in [0.25, 0.3) is 0 Å². The molecule has 1 aromatic heterocycles. The molecule has 7 heteroatoms. The molecule has 0 saturated carbocycles. The number of amides is 2. The predicted molar refractivity (Wildman–Crippen MR) is 104 cm³/mol. The van der Waals surface area contributed by atoms with Gasteiger partial charge in [0.05, 0.1) is 12.0 Å². The minimum absolute atomic E-state index is 0.0758. The number of pyridine rings is 1.